The van der Waals surface area contributed by atoms with Gasteiger partial charge in [0.25, 0.3) is 11.8 Å². The predicted molar refractivity (Wildman–Crippen MR) is 94.8 cm³/mol. The third-order valence-electron chi connectivity index (χ3n) is 5.14. The number of nitrogens with one attached hydrogen (secondary N) is 2. The molecule has 3 rings (SSSR count). The number of hydrogen-bond acceptors (Lipinski definition) is 6. The third-order valence-corrected chi connectivity index (χ3v) is 5.14. The third kappa shape index (κ3) is 3.98. The topological polar surface area (TPSA) is 132 Å². The van der Waals surface area contributed by atoms with Gasteiger partial charge in [0.15, 0.2) is 0 Å². The molecule has 3 N–H and O–H groups in total. The largest absolute Gasteiger partial charge is 0.444 e. The number of amides is 5. The van der Waals surface area contributed by atoms with Crippen LogP contribution in [-0.4, -0.2) is 80.8 Å². The maximum Gasteiger partial charge on any atom is 0.410 e. The summed E-state index contributed by atoms with van der Waals surface area (Å²) in [6.45, 7) is 5.92. The Morgan fingerprint density at radius 1 is 1.07 bits per heavy atom. The standard InChI is InChI=1S/C17H27N5O6/c1-17(2,3)28-16(26)20-8-4-5-11(20)13(23)18-19-14(24)12-7-6-10-9-21(12)15(25)22(10)27/h10-12,27H,4-9H2,1-3H3,(H,18,23)(H,19,24)/t10-,11+,12-/m1/s1. The molecule has 0 unspecified atom stereocenters. The Morgan fingerprint density at radius 2 is 1.71 bits per heavy atom. The summed E-state index contributed by atoms with van der Waals surface area (Å²) in [6.07, 6.45) is 1.45. The second kappa shape index (κ2) is 7.46. The van der Waals surface area contributed by atoms with Crippen molar-refractivity contribution in [2.24, 2.45) is 0 Å². The molecule has 0 saturated carbocycles. The molecule has 5 amide bonds. The number of piperidine rings is 1. The van der Waals surface area contributed by atoms with Gasteiger partial charge >= 0.3 is 12.1 Å². The van der Waals surface area contributed by atoms with E-state index in [1.807, 2.05) is 0 Å². The van der Waals surface area contributed by atoms with Crippen LogP contribution in [0.5, 0.6) is 0 Å². The van der Waals surface area contributed by atoms with Gasteiger partial charge in [-0.25, -0.2) is 14.7 Å². The quantitative estimate of drug-likeness (QED) is 0.450. The van der Waals surface area contributed by atoms with E-state index in [1.165, 1.54) is 9.80 Å². The summed E-state index contributed by atoms with van der Waals surface area (Å²) in [7, 11) is 0. The molecule has 3 aliphatic heterocycles. The zero-order chi connectivity index (χ0) is 20.6. The second-order valence-corrected chi connectivity index (χ2v) is 8.34. The first-order valence-corrected chi connectivity index (χ1v) is 9.46. The first-order chi connectivity index (χ1) is 13.1. The van der Waals surface area contributed by atoms with Gasteiger partial charge in [0, 0.05) is 13.1 Å². The second-order valence-electron chi connectivity index (χ2n) is 8.34. The zero-order valence-corrected chi connectivity index (χ0v) is 16.3. The number of hydrogen-bond donors (Lipinski definition) is 3. The van der Waals surface area contributed by atoms with Crippen LogP contribution >= 0.6 is 0 Å². The van der Waals surface area contributed by atoms with E-state index >= 15 is 0 Å². The Bertz CT molecular complexity index is 677. The van der Waals surface area contributed by atoms with Gasteiger partial charge in [-0.15, -0.1) is 0 Å². The number of carbonyl (C=O) groups is 4. The molecule has 11 heteroatoms. The van der Waals surface area contributed by atoms with Gasteiger partial charge in [-0.1, -0.05) is 0 Å². The molecule has 0 radical (unpaired) electrons. The summed E-state index contributed by atoms with van der Waals surface area (Å²) in [5, 5.41) is 10.3. The van der Waals surface area contributed by atoms with E-state index in [9.17, 15) is 24.4 Å². The van der Waals surface area contributed by atoms with E-state index in [2.05, 4.69) is 10.9 Å². The van der Waals surface area contributed by atoms with Crippen LogP contribution in [0.1, 0.15) is 46.5 Å². The molecule has 3 fully saturated rings. The van der Waals surface area contributed by atoms with E-state index in [0.717, 1.165) is 0 Å². The van der Waals surface area contributed by atoms with Gasteiger partial charge < -0.3 is 9.64 Å². The monoisotopic (exact) mass is 397 g/mol. The van der Waals surface area contributed by atoms with Crippen molar-refractivity contribution in [2.75, 3.05) is 13.1 Å². The van der Waals surface area contributed by atoms with E-state index in [0.29, 0.717) is 37.3 Å². The molecule has 0 aromatic rings. The van der Waals surface area contributed by atoms with E-state index in [-0.39, 0.29) is 12.6 Å². The summed E-state index contributed by atoms with van der Waals surface area (Å²) in [6, 6.07) is -2.40. The Balaban J connectivity index is 1.54. The lowest BCUT2D eigenvalue weighted by Gasteiger charge is -2.30. The summed E-state index contributed by atoms with van der Waals surface area (Å²) < 4.78 is 5.33. The highest BCUT2D eigenvalue weighted by molar-refractivity contribution is 5.91. The zero-order valence-electron chi connectivity index (χ0n) is 16.3. The lowest BCUT2D eigenvalue weighted by atomic mass is 10.0. The van der Waals surface area contributed by atoms with Gasteiger partial charge in [-0.3, -0.25) is 30.5 Å². The van der Waals surface area contributed by atoms with Crippen LogP contribution in [0.2, 0.25) is 0 Å². The molecule has 11 nitrogen and oxygen atoms in total. The average molecular weight is 397 g/mol. The van der Waals surface area contributed by atoms with Crippen molar-refractivity contribution in [3.05, 3.63) is 0 Å². The number of hydrazine groups is 1. The molecule has 2 bridgehead atoms. The fourth-order valence-electron chi connectivity index (χ4n) is 3.79. The number of urea groups is 1. The van der Waals surface area contributed by atoms with Gasteiger partial charge in [0.1, 0.15) is 17.7 Å². The van der Waals surface area contributed by atoms with Crippen LogP contribution < -0.4 is 10.9 Å². The Hall–Kier alpha value is -2.56. The minimum Gasteiger partial charge on any atom is -0.444 e. The van der Waals surface area contributed by atoms with E-state index in [4.69, 9.17) is 4.74 Å². The molecule has 3 atom stereocenters. The van der Waals surface area contributed by atoms with Crippen LogP contribution in [-0.2, 0) is 14.3 Å². The smallest absolute Gasteiger partial charge is 0.410 e. The number of fused-ring (bicyclic) bond motifs is 2. The number of carbonyl (C=O) groups excluding carboxylic acids is 4. The van der Waals surface area contributed by atoms with E-state index in [1.54, 1.807) is 20.8 Å². The van der Waals surface area contributed by atoms with Gasteiger partial charge in [-0.2, -0.15) is 0 Å². The first-order valence-electron chi connectivity index (χ1n) is 9.46. The summed E-state index contributed by atoms with van der Waals surface area (Å²) in [5.74, 6) is -1.04. The molecule has 156 valence electrons. The van der Waals surface area contributed by atoms with E-state index < -0.39 is 41.6 Å². The van der Waals surface area contributed by atoms with Gasteiger partial charge in [0.05, 0.1) is 6.04 Å². The van der Waals surface area contributed by atoms with Crippen LogP contribution in [0.25, 0.3) is 0 Å². The molecular formula is C17H27N5O6. The molecule has 28 heavy (non-hydrogen) atoms. The number of rotatable bonds is 2. The lowest BCUT2D eigenvalue weighted by molar-refractivity contribution is -0.133. The minimum atomic E-state index is -0.758. The first kappa shape index (κ1) is 20.2. The Morgan fingerprint density at radius 3 is 2.36 bits per heavy atom. The molecule has 0 aromatic heterocycles. The Kier molecular flexibility index (Phi) is 5.37. The van der Waals surface area contributed by atoms with Crippen molar-refractivity contribution < 1.29 is 29.1 Å². The van der Waals surface area contributed by atoms with Crippen molar-refractivity contribution in [3.63, 3.8) is 0 Å². The molecule has 3 heterocycles. The van der Waals surface area contributed by atoms with Crippen LogP contribution in [0.15, 0.2) is 0 Å². The molecular weight excluding hydrogens is 370 g/mol. The van der Waals surface area contributed by atoms with Crippen LogP contribution in [0.3, 0.4) is 0 Å². The number of nitrogens with zero attached hydrogens (tertiary/aromatic N) is 3. The highest BCUT2D eigenvalue weighted by Gasteiger charge is 2.47. The Labute approximate surface area is 162 Å². The van der Waals surface area contributed by atoms with Crippen molar-refractivity contribution in [1.29, 1.82) is 0 Å². The van der Waals surface area contributed by atoms with Crippen molar-refractivity contribution in [3.8, 4) is 0 Å². The average Bonchev–Trinajstić information content (AvgIpc) is 3.19. The molecule has 0 aromatic carbocycles. The fourth-order valence-corrected chi connectivity index (χ4v) is 3.79. The lowest BCUT2D eigenvalue weighted by Crippen LogP contribution is -2.57. The maximum absolute atomic E-state index is 12.5. The van der Waals surface area contributed by atoms with Crippen molar-refractivity contribution >= 4 is 23.9 Å². The highest BCUT2D eigenvalue weighted by atomic mass is 16.6. The van der Waals surface area contributed by atoms with Gasteiger partial charge in [-0.05, 0) is 46.5 Å². The molecule has 0 aliphatic carbocycles. The number of hydroxylamine groups is 2. The fraction of sp³-hybridized carbons (Fsp3) is 0.765. The van der Waals surface area contributed by atoms with Crippen LogP contribution in [0.4, 0.5) is 9.59 Å². The number of likely N-dealkylation sites (tertiary alicyclic amines) is 1. The molecule has 3 saturated heterocycles. The molecule has 0 spiro atoms. The summed E-state index contributed by atoms with van der Waals surface area (Å²) >= 11 is 0. The van der Waals surface area contributed by atoms with Crippen molar-refractivity contribution in [2.45, 2.75) is 70.2 Å². The predicted octanol–water partition coefficient (Wildman–Crippen LogP) is 0.191. The normalized spacial score (nSPS) is 27.1. The summed E-state index contributed by atoms with van der Waals surface area (Å²) in [5.41, 5.74) is 4.03. The number of ether oxygens (including phenoxy) is 1. The SMILES string of the molecule is CC(C)(C)OC(=O)N1CCC[C@H]1C(=O)NNC(=O)[C@H]1CC[C@@H]2CN1C(=O)N2O. The molecule has 3 aliphatic rings. The minimum absolute atomic E-state index is 0.274. The van der Waals surface area contributed by atoms with Crippen molar-refractivity contribution in [1.82, 2.24) is 25.7 Å². The summed E-state index contributed by atoms with van der Waals surface area (Å²) in [4.78, 5) is 51.8. The van der Waals surface area contributed by atoms with Gasteiger partial charge in [0.2, 0.25) is 0 Å². The highest BCUT2D eigenvalue weighted by Crippen LogP contribution is 2.28. The maximum atomic E-state index is 12.5. The van der Waals surface area contributed by atoms with Crippen LogP contribution in [0, 0.1) is 0 Å².